The molecule has 3 aromatic rings. The molecule has 0 unspecified atom stereocenters. The summed E-state index contributed by atoms with van der Waals surface area (Å²) in [6, 6.07) is 16.0. The Kier molecular flexibility index (Phi) is 7.67. The quantitative estimate of drug-likeness (QED) is 0.507. The fourth-order valence-electron chi connectivity index (χ4n) is 3.17. The third-order valence-electron chi connectivity index (χ3n) is 4.82. The van der Waals surface area contributed by atoms with Crippen molar-refractivity contribution in [2.24, 2.45) is 0 Å². The zero-order valence-electron chi connectivity index (χ0n) is 18.0. The number of carbonyl (C=O) groups is 1. The first kappa shape index (κ1) is 22.4. The van der Waals surface area contributed by atoms with E-state index in [9.17, 15) is 9.18 Å². The molecule has 6 nitrogen and oxygen atoms in total. The van der Waals surface area contributed by atoms with Crippen molar-refractivity contribution >= 4 is 11.9 Å². The van der Waals surface area contributed by atoms with E-state index in [1.165, 1.54) is 12.3 Å². The number of halogens is 1. The summed E-state index contributed by atoms with van der Waals surface area (Å²) in [6.07, 6.45) is 1.46. The number of hydrogen-bond donors (Lipinski definition) is 1. The Balaban J connectivity index is 0.00000363. The van der Waals surface area contributed by atoms with Gasteiger partial charge in [0.05, 0.1) is 17.9 Å². The van der Waals surface area contributed by atoms with Crippen LogP contribution in [0.2, 0.25) is 0 Å². The van der Waals surface area contributed by atoms with Gasteiger partial charge in [0, 0.05) is 39.4 Å². The Morgan fingerprint density at radius 3 is 2.55 bits per heavy atom. The molecule has 1 amide bonds. The largest absolute Gasteiger partial charge is 0.383 e. The van der Waals surface area contributed by atoms with Crippen LogP contribution in [-0.4, -0.2) is 47.1 Å². The van der Waals surface area contributed by atoms with Crippen LogP contribution >= 0.6 is 0 Å². The first-order chi connectivity index (χ1) is 15.0. The number of nitrogens with one attached hydrogen (secondary N) is 1. The minimum absolute atomic E-state index is 0. The number of rotatable bonds is 9. The van der Waals surface area contributed by atoms with E-state index in [1.54, 1.807) is 30.2 Å². The molecule has 0 aliphatic rings. The highest BCUT2D eigenvalue weighted by atomic mass is 19.1. The van der Waals surface area contributed by atoms with Gasteiger partial charge in [-0.25, -0.2) is 14.4 Å². The predicted molar refractivity (Wildman–Crippen MR) is 121 cm³/mol. The van der Waals surface area contributed by atoms with Gasteiger partial charge < -0.3 is 15.0 Å². The monoisotopic (exact) mass is 424 g/mol. The first-order valence-corrected chi connectivity index (χ1v) is 10.2. The Labute approximate surface area is 183 Å². The van der Waals surface area contributed by atoms with Gasteiger partial charge in [0.15, 0.2) is 0 Å². The fourth-order valence-corrected chi connectivity index (χ4v) is 3.17. The normalized spacial score (nSPS) is 10.9. The lowest BCUT2D eigenvalue weighted by Gasteiger charge is -2.27. The van der Waals surface area contributed by atoms with E-state index in [1.807, 2.05) is 44.2 Å². The van der Waals surface area contributed by atoms with Crippen LogP contribution in [0.5, 0.6) is 0 Å². The third kappa shape index (κ3) is 5.64. The maximum atomic E-state index is 14.6. The second-order valence-corrected chi connectivity index (χ2v) is 7.37. The smallest absolute Gasteiger partial charge is 0.258 e. The molecule has 0 atom stereocenters. The highest BCUT2D eigenvalue weighted by Gasteiger charge is 2.25. The standard InChI is InChI=1S/C24H27FN4O2.H2/c1-17(2)29(16-18-9-5-4-6-10-18)23(30)20-15-27-24(26-13-14-31-3)28-22(20)19-11-7-8-12-21(19)25;/h4-12,15,17H,13-14,16H2,1-3H3,(H,26,27,28);1H. The van der Waals surface area contributed by atoms with Crippen LogP contribution < -0.4 is 5.32 Å². The van der Waals surface area contributed by atoms with Gasteiger partial charge in [0.1, 0.15) is 5.82 Å². The topological polar surface area (TPSA) is 67.3 Å². The van der Waals surface area contributed by atoms with Crippen LogP contribution in [0.1, 0.15) is 31.2 Å². The van der Waals surface area contributed by atoms with E-state index in [2.05, 4.69) is 15.3 Å². The first-order valence-electron chi connectivity index (χ1n) is 10.2. The van der Waals surface area contributed by atoms with Gasteiger partial charge in [0.2, 0.25) is 5.95 Å². The second kappa shape index (κ2) is 10.6. The zero-order chi connectivity index (χ0) is 22.2. The summed E-state index contributed by atoms with van der Waals surface area (Å²) in [5.74, 6) is -0.385. The van der Waals surface area contributed by atoms with Crippen LogP contribution in [0.4, 0.5) is 10.3 Å². The molecule has 1 aromatic heterocycles. The van der Waals surface area contributed by atoms with Gasteiger partial charge in [-0.15, -0.1) is 0 Å². The Morgan fingerprint density at radius 2 is 1.87 bits per heavy atom. The second-order valence-electron chi connectivity index (χ2n) is 7.37. The molecule has 0 radical (unpaired) electrons. The van der Waals surface area contributed by atoms with Crippen molar-refractivity contribution < 1.29 is 15.3 Å². The Hall–Kier alpha value is -3.32. The third-order valence-corrected chi connectivity index (χ3v) is 4.82. The summed E-state index contributed by atoms with van der Waals surface area (Å²) < 4.78 is 19.7. The van der Waals surface area contributed by atoms with Crippen molar-refractivity contribution in [3.63, 3.8) is 0 Å². The van der Waals surface area contributed by atoms with Gasteiger partial charge in [-0.05, 0) is 31.5 Å². The number of aromatic nitrogens is 2. The lowest BCUT2D eigenvalue weighted by molar-refractivity contribution is 0.0690. The zero-order valence-corrected chi connectivity index (χ0v) is 18.0. The molecule has 0 bridgehead atoms. The van der Waals surface area contributed by atoms with Crippen LogP contribution in [-0.2, 0) is 11.3 Å². The van der Waals surface area contributed by atoms with Crippen LogP contribution in [0.25, 0.3) is 11.3 Å². The SMILES string of the molecule is COCCNc1ncc(C(=O)N(Cc2ccccc2)C(C)C)c(-c2ccccc2F)n1.[HH]. The van der Waals surface area contributed by atoms with Crippen molar-refractivity contribution in [3.8, 4) is 11.3 Å². The molecule has 0 aliphatic carbocycles. The molecule has 2 aromatic carbocycles. The molecule has 3 rings (SSSR count). The molecular formula is C24H29FN4O2. The van der Waals surface area contributed by atoms with Crippen molar-refractivity contribution in [1.82, 2.24) is 14.9 Å². The van der Waals surface area contributed by atoms with E-state index in [0.717, 1.165) is 5.56 Å². The molecule has 0 fully saturated rings. The number of anilines is 1. The highest BCUT2D eigenvalue weighted by Crippen LogP contribution is 2.27. The molecule has 0 spiro atoms. The molecular weight excluding hydrogens is 395 g/mol. The molecule has 0 saturated heterocycles. The van der Waals surface area contributed by atoms with E-state index >= 15 is 0 Å². The molecule has 0 saturated carbocycles. The van der Waals surface area contributed by atoms with Crippen LogP contribution in [0.15, 0.2) is 60.8 Å². The molecule has 31 heavy (non-hydrogen) atoms. The molecule has 1 N–H and O–H groups in total. The van der Waals surface area contributed by atoms with Crippen LogP contribution in [0.3, 0.4) is 0 Å². The lowest BCUT2D eigenvalue weighted by Crippen LogP contribution is -2.37. The number of hydrogen-bond acceptors (Lipinski definition) is 5. The number of nitrogens with zero attached hydrogens (tertiary/aromatic N) is 3. The predicted octanol–water partition coefficient (Wildman–Crippen LogP) is 4.64. The molecule has 164 valence electrons. The van der Waals surface area contributed by atoms with Crippen molar-refractivity contribution in [2.75, 3.05) is 25.6 Å². The molecule has 0 aliphatic heterocycles. The van der Waals surface area contributed by atoms with E-state index in [0.29, 0.717) is 25.6 Å². The number of benzene rings is 2. The highest BCUT2D eigenvalue weighted by molar-refractivity contribution is 6.00. The minimum atomic E-state index is -0.447. The number of methoxy groups -OCH3 is 1. The van der Waals surface area contributed by atoms with Gasteiger partial charge in [0.25, 0.3) is 5.91 Å². The van der Waals surface area contributed by atoms with Crippen molar-refractivity contribution in [3.05, 3.63) is 77.7 Å². The summed E-state index contributed by atoms with van der Waals surface area (Å²) in [5, 5.41) is 3.04. The number of ether oxygens (including phenoxy) is 1. The fraction of sp³-hybridized carbons (Fsp3) is 0.292. The summed E-state index contributed by atoms with van der Waals surface area (Å²) >= 11 is 0. The van der Waals surface area contributed by atoms with E-state index in [-0.39, 0.29) is 30.2 Å². The summed E-state index contributed by atoms with van der Waals surface area (Å²) in [6.45, 7) is 5.29. The maximum Gasteiger partial charge on any atom is 0.258 e. The van der Waals surface area contributed by atoms with Crippen molar-refractivity contribution in [2.45, 2.75) is 26.4 Å². The van der Waals surface area contributed by atoms with Crippen LogP contribution in [0, 0.1) is 5.82 Å². The minimum Gasteiger partial charge on any atom is -0.383 e. The Morgan fingerprint density at radius 1 is 1.16 bits per heavy atom. The van der Waals surface area contributed by atoms with Gasteiger partial charge in [-0.3, -0.25) is 4.79 Å². The van der Waals surface area contributed by atoms with Crippen molar-refractivity contribution in [1.29, 1.82) is 0 Å². The molecule has 7 heteroatoms. The Bertz CT molecular complexity index is 1020. The number of amides is 1. The van der Waals surface area contributed by atoms with E-state index < -0.39 is 5.82 Å². The number of carbonyl (C=O) groups excluding carboxylic acids is 1. The van der Waals surface area contributed by atoms with Gasteiger partial charge in [-0.1, -0.05) is 42.5 Å². The van der Waals surface area contributed by atoms with Gasteiger partial charge in [-0.2, -0.15) is 0 Å². The lowest BCUT2D eigenvalue weighted by atomic mass is 10.0. The average molecular weight is 425 g/mol. The van der Waals surface area contributed by atoms with Gasteiger partial charge >= 0.3 is 0 Å². The summed E-state index contributed by atoms with van der Waals surface area (Å²) in [7, 11) is 1.60. The molecule has 1 heterocycles. The maximum absolute atomic E-state index is 14.6. The average Bonchev–Trinajstić information content (AvgIpc) is 2.78. The van der Waals surface area contributed by atoms with E-state index in [4.69, 9.17) is 4.74 Å². The summed E-state index contributed by atoms with van der Waals surface area (Å²) in [4.78, 5) is 24.1. The summed E-state index contributed by atoms with van der Waals surface area (Å²) in [5.41, 5.74) is 1.78.